The fourth-order valence-electron chi connectivity index (χ4n) is 2.53. The molecule has 7 heteroatoms. The number of hydrogen-bond acceptors (Lipinski definition) is 4. The molecule has 0 aromatic heterocycles. The molecule has 0 aliphatic carbocycles. The van der Waals surface area contributed by atoms with E-state index in [0.717, 1.165) is 12.0 Å². The highest BCUT2D eigenvalue weighted by atomic mass is 35.5. The maximum absolute atomic E-state index is 11.9. The minimum absolute atomic E-state index is 0.0491. The van der Waals surface area contributed by atoms with Crippen LogP contribution in [-0.2, 0) is 21.1 Å². The molecule has 1 N–H and O–H groups in total. The van der Waals surface area contributed by atoms with Gasteiger partial charge in [-0.25, -0.2) is 8.42 Å². The molecule has 1 aliphatic heterocycles. The Labute approximate surface area is 136 Å². The molecule has 1 fully saturated rings. The third-order valence-electron chi connectivity index (χ3n) is 3.87. The molecule has 1 atom stereocenters. The van der Waals surface area contributed by atoms with Gasteiger partial charge in [0.2, 0.25) is 5.91 Å². The van der Waals surface area contributed by atoms with Gasteiger partial charge in [0.05, 0.1) is 18.1 Å². The van der Waals surface area contributed by atoms with Gasteiger partial charge in [-0.2, -0.15) is 0 Å². The van der Waals surface area contributed by atoms with Crippen molar-refractivity contribution in [1.82, 2.24) is 10.2 Å². The van der Waals surface area contributed by atoms with Gasteiger partial charge in [0.15, 0.2) is 9.84 Å². The third kappa shape index (κ3) is 5.26. The summed E-state index contributed by atoms with van der Waals surface area (Å²) in [6, 6.07) is 7.47. The van der Waals surface area contributed by atoms with Gasteiger partial charge >= 0.3 is 0 Å². The Morgan fingerprint density at radius 2 is 2.05 bits per heavy atom. The van der Waals surface area contributed by atoms with Gasteiger partial charge in [0.25, 0.3) is 0 Å². The number of amides is 1. The van der Waals surface area contributed by atoms with E-state index in [2.05, 4.69) is 5.32 Å². The van der Waals surface area contributed by atoms with E-state index in [1.54, 1.807) is 7.05 Å². The molecular weight excluding hydrogens is 324 g/mol. The zero-order valence-corrected chi connectivity index (χ0v) is 14.2. The number of benzene rings is 1. The van der Waals surface area contributed by atoms with Crippen molar-refractivity contribution in [2.24, 2.45) is 0 Å². The summed E-state index contributed by atoms with van der Waals surface area (Å²) in [7, 11) is -1.12. The molecule has 22 heavy (non-hydrogen) atoms. The highest BCUT2D eigenvalue weighted by molar-refractivity contribution is 7.91. The summed E-state index contributed by atoms with van der Waals surface area (Å²) in [4.78, 5) is 13.7. The molecule has 1 amide bonds. The molecule has 1 unspecified atom stereocenters. The molecular formula is C15H21ClN2O3S. The van der Waals surface area contributed by atoms with Gasteiger partial charge in [-0.05, 0) is 37.6 Å². The number of halogens is 1. The molecule has 0 radical (unpaired) electrons. The topological polar surface area (TPSA) is 66.5 Å². The Bertz CT molecular complexity index is 616. The third-order valence-corrected chi connectivity index (χ3v) is 5.88. The second-order valence-corrected chi connectivity index (χ2v) is 8.36. The molecule has 5 nitrogen and oxygen atoms in total. The molecule has 0 bridgehead atoms. The van der Waals surface area contributed by atoms with Crippen molar-refractivity contribution in [2.45, 2.75) is 18.9 Å². The van der Waals surface area contributed by atoms with E-state index >= 15 is 0 Å². The Kier molecular flexibility index (Phi) is 5.83. The number of likely N-dealkylation sites (N-methyl/N-ethyl adjacent to an activating group) is 1. The number of rotatable bonds is 6. The van der Waals surface area contributed by atoms with Crippen LogP contribution >= 0.6 is 11.6 Å². The van der Waals surface area contributed by atoms with E-state index in [0.29, 0.717) is 18.0 Å². The van der Waals surface area contributed by atoms with Crippen molar-refractivity contribution in [3.8, 4) is 0 Å². The predicted molar refractivity (Wildman–Crippen MR) is 87.9 cm³/mol. The minimum Gasteiger partial charge on any atom is -0.355 e. The van der Waals surface area contributed by atoms with Crippen LogP contribution in [0.15, 0.2) is 24.3 Å². The summed E-state index contributed by atoms with van der Waals surface area (Å²) in [6.07, 6.45) is 1.35. The first kappa shape index (κ1) is 17.2. The van der Waals surface area contributed by atoms with E-state index in [-0.39, 0.29) is 30.0 Å². The average Bonchev–Trinajstić information content (AvgIpc) is 2.81. The normalized spacial score (nSPS) is 20.2. The Morgan fingerprint density at radius 3 is 2.64 bits per heavy atom. The first-order valence-electron chi connectivity index (χ1n) is 7.27. The summed E-state index contributed by atoms with van der Waals surface area (Å²) < 4.78 is 22.9. The number of nitrogens with one attached hydrogen (secondary N) is 1. The van der Waals surface area contributed by atoms with Crippen LogP contribution < -0.4 is 5.32 Å². The molecule has 1 aromatic rings. The van der Waals surface area contributed by atoms with Gasteiger partial charge in [-0.15, -0.1) is 0 Å². The number of carbonyl (C=O) groups excluding carboxylic acids is 1. The SMILES string of the molecule is CN(CC(=O)NCCc1ccc(Cl)cc1)C1CCS(=O)(=O)C1. The van der Waals surface area contributed by atoms with Crippen LogP contribution in [0.1, 0.15) is 12.0 Å². The lowest BCUT2D eigenvalue weighted by molar-refractivity contribution is -0.122. The molecule has 1 saturated heterocycles. The molecule has 0 saturated carbocycles. The lowest BCUT2D eigenvalue weighted by Gasteiger charge is -2.22. The molecule has 0 spiro atoms. The molecule has 122 valence electrons. The van der Waals surface area contributed by atoms with E-state index in [1.807, 2.05) is 29.2 Å². The van der Waals surface area contributed by atoms with Crippen LogP contribution in [-0.4, -0.2) is 56.9 Å². The van der Waals surface area contributed by atoms with E-state index in [9.17, 15) is 13.2 Å². The molecule has 2 rings (SSSR count). The fourth-order valence-corrected chi connectivity index (χ4v) is 4.46. The van der Waals surface area contributed by atoms with Crippen molar-refractivity contribution in [2.75, 3.05) is 31.6 Å². The standard InChI is InChI=1S/C15H21ClN2O3S/c1-18(14-7-9-22(20,21)11-14)10-15(19)17-8-6-12-2-4-13(16)5-3-12/h2-5,14H,6-11H2,1H3,(H,17,19). The van der Waals surface area contributed by atoms with Crippen molar-refractivity contribution in [3.63, 3.8) is 0 Å². The largest absolute Gasteiger partial charge is 0.355 e. The van der Waals surface area contributed by atoms with Crippen molar-refractivity contribution >= 4 is 27.3 Å². The summed E-state index contributed by atoms with van der Waals surface area (Å²) in [5.41, 5.74) is 1.11. The smallest absolute Gasteiger partial charge is 0.234 e. The van der Waals surface area contributed by atoms with Crippen molar-refractivity contribution in [3.05, 3.63) is 34.9 Å². The van der Waals surface area contributed by atoms with E-state index in [1.165, 1.54) is 0 Å². The molecule has 1 aliphatic rings. The maximum atomic E-state index is 11.9. The van der Waals surface area contributed by atoms with E-state index in [4.69, 9.17) is 11.6 Å². The highest BCUT2D eigenvalue weighted by Crippen LogP contribution is 2.16. The van der Waals surface area contributed by atoms with Crippen LogP contribution in [0.4, 0.5) is 0 Å². The first-order valence-corrected chi connectivity index (χ1v) is 9.47. The zero-order chi connectivity index (χ0) is 16.2. The lowest BCUT2D eigenvalue weighted by atomic mass is 10.1. The second-order valence-electron chi connectivity index (χ2n) is 5.70. The summed E-state index contributed by atoms with van der Waals surface area (Å²) in [5.74, 6) is 0.294. The van der Waals surface area contributed by atoms with Crippen molar-refractivity contribution < 1.29 is 13.2 Å². The van der Waals surface area contributed by atoms with Gasteiger partial charge < -0.3 is 5.32 Å². The van der Waals surface area contributed by atoms with Crippen LogP contribution in [0.5, 0.6) is 0 Å². The van der Waals surface area contributed by atoms with Crippen LogP contribution in [0.25, 0.3) is 0 Å². The number of carbonyl (C=O) groups is 1. The average molecular weight is 345 g/mol. The summed E-state index contributed by atoms with van der Waals surface area (Å²) >= 11 is 5.82. The highest BCUT2D eigenvalue weighted by Gasteiger charge is 2.31. The Hall–Kier alpha value is -1.11. The molecule has 1 heterocycles. The maximum Gasteiger partial charge on any atom is 0.234 e. The Balaban J connectivity index is 1.70. The van der Waals surface area contributed by atoms with Gasteiger partial charge in [0, 0.05) is 17.6 Å². The molecule has 1 aromatic carbocycles. The predicted octanol–water partition coefficient (Wildman–Crippen LogP) is 1.12. The first-order chi connectivity index (χ1) is 10.4. The monoisotopic (exact) mass is 344 g/mol. The van der Waals surface area contributed by atoms with Gasteiger partial charge in [-0.1, -0.05) is 23.7 Å². The summed E-state index contributed by atoms with van der Waals surface area (Å²) in [6.45, 7) is 0.776. The van der Waals surface area contributed by atoms with Crippen LogP contribution in [0, 0.1) is 0 Å². The second kappa shape index (κ2) is 7.44. The number of nitrogens with zero attached hydrogens (tertiary/aromatic N) is 1. The van der Waals surface area contributed by atoms with E-state index < -0.39 is 9.84 Å². The van der Waals surface area contributed by atoms with Crippen LogP contribution in [0.2, 0.25) is 5.02 Å². The minimum atomic E-state index is -2.92. The van der Waals surface area contributed by atoms with Gasteiger partial charge in [0.1, 0.15) is 0 Å². The van der Waals surface area contributed by atoms with Crippen LogP contribution in [0.3, 0.4) is 0 Å². The zero-order valence-electron chi connectivity index (χ0n) is 12.6. The van der Waals surface area contributed by atoms with Gasteiger partial charge in [-0.3, -0.25) is 9.69 Å². The summed E-state index contributed by atoms with van der Waals surface area (Å²) in [5, 5.41) is 3.55. The van der Waals surface area contributed by atoms with Crippen molar-refractivity contribution in [1.29, 1.82) is 0 Å². The number of sulfone groups is 1. The number of hydrogen-bond donors (Lipinski definition) is 1. The fraction of sp³-hybridized carbons (Fsp3) is 0.533. The Morgan fingerprint density at radius 1 is 1.36 bits per heavy atom. The quantitative estimate of drug-likeness (QED) is 0.839. The lowest BCUT2D eigenvalue weighted by Crippen LogP contribution is -2.41.